The molecule has 5 nitrogen and oxygen atoms in total. The number of benzene rings is 1. The van der Waals surface area contributed by atoms with Crippen molar-refractivity contribution in [1.82, 2.24) is 9.29 Å². The fourth-order valence-corrected chi connectivity index (χ4v) is 5.00. The normalized spacial score (nSPS) is 16.8. The minimum Gasteiger partial charge on any atom is -0.451 e. The van der Waals surface area contributed by atoms with E-state index in [9.17, 15) is 17.2 Å². The van der Waals surface area contributed by atoms with Gasteiger partial charge in [0.05, 0.1) is 12.0 Å². The molecule has 136 valence electrons. The molecular formula is C18H16F2N2O3S. The molecule has 2 aromatic heterocycles. The molecule has 26 heavy (non-hydrogen) atoms. The average Bonchev–Trinajstić information content (AvgIpc) is 3.31. The van der Waals surface area contributed by atoms with E-state index < -0.39 is 21.7 Å². The van der Waals surface area contributed by atoms with E-state index in [4.69, 9.17) is 4.42 Å². The largest absolute Gasteiger partial charge is 0.451 e. The minimum absolute atomic E-state index is 0.0192. The number of hydrogen-bond acceptors (Lipinski definition) is 4. The van der Waals surface area contributed by atoms with E-state index in [1.54, 1.807) is 13.1 Å². The van der Waals surface area contributed by atoms with Gasteiger partial charge in [0, 0.05) is 23.4 Å². The highest BCUT2D eigenvalue weighted by atomic mass is 32.2. The predicted molar refractivity (Wildman–Crippen MR) is 91.2 cm³/mol. The quantitative estimate of drug-likeness (QED) is 0.755. The zero-order valence-corrected chi connectivity index (χ0v) is 14.7. The summed E-state index contributed by atoms with van der Waals surface area (Å²) in [6, 6.07) is 7.54. The van der Waals surface area contributed by atoms with Crippen molar-refractivity contribution in [3.8, 4) is 11.3 Å². The molecule has 0 saturated carbocycles. The standard InChI is InChI=1S/C18H16F2N2O3S/c1-21-15-6-7-16-13(15)10-17(12-5-4-11(19)9-14(12)20)22(16)26(23,24)18-3-2-8-25-18/h2-5,8-10,15,21H,6-7H2,1H3. The van der Waals surface area contributed by atoms with Crippen molar-refractivity contribution in [3.63, 3.8) is 0 Å². The van der Waals surface area contributed by atoms with Gasteiger partial charge in [-0.2, -0.15) is 8.42 Å². The third-order valence-corrected chi connectivity index (χ3v) is 6.32. The Bertz CT molecular complexity index is 1070. The Morgan fingerprint density at radius 1 is 1.23 bits per heavy atom. The molecule has 1 aliphatic carbocycles. The molecule has 1 aromatic carbocycles. The fourth-order valence-electron chi connectivity index (χ4n) is 3.50. The van der Waals surface area contributed by atoms with E-state index in [2.05, 4.69) is 5.32 Å². The first-order chi connectivity index (χ1) is 12.4. The summed E-state index contributed by atoms with van der Waals surface area (Å²) >= 11 is 0. The molecular weight excluding hydrogens is 362 g/mol. The Morgan fingerprint density at radius 2 is 2.04 bits per heavy atom. The summed E-state index contributed by atoms with van der Waals surface area (Å²) < 4.78 is 60.2. The van der Waals surface area contributed by atoms with Gasteiger partial charge in [-0.15, -0.1) is 0 Å². The first kappa shape index (κ1) is 17.0. The molecule has 8 heteroatoms. The highest BCUT2D eigenvalue weighted by Crippen LogP contribution is 2.40. The number of nitrogens with zero attached hydrogens (tertiary/aromatic N) is 1. The van der Waals surface area contributed by atoms with Crippen molar-refractivity contribution < 1.29 is 21.6 Å². The van der Waals surface area contributed by atoms with Gasteiger partial charge in [0.15, 0.2) is 0 Å². The highest BCUT2D eigenvalue weighted by Gasteiger charge is 2.34. The second-order valence-corrected chi connectivity index (χ2v) is 7.85. The van der Waals surface area contributed by atoms with E-state index in [-0.39, 0.29) is 22.4 Å². The van der Waals surface area contributed by atoms with Gasteiger partial charge < -0.3 is 9.73 Å². The van der Waals surface area contributed by atoms with Gasteiger partial charge >= 0.3 is 10.0 Å². The summed E-state index contributed by atoms with van der Waals surface area (Å²) in [7, 11) is -2.27. The second kappa shape index (κ2) is 6.07. The van der Waals surface area contributed by atoms with Gasteiger partial charge in [0.2, 0.25) is 5.09 Å². The first-order valence-corrected chi connectivity index (χ1v) is 9.53. The Labute approximate surface area is 149 Å². The summed E-state index contributed by atoms with van der Waals surface area (Å²) in [5.41, 5.74) is 1.55. The molecule has 0 saturated heterocycles. The lowest BCUT2D eigenvalue weighted by molar-refractivity contribution is 0.447. The van der Waals surface area contributed by atoms with Crippen molar-refractivity contribution in [1.29, 1.82) is 0 Å². The Morgan fingerprint density at radius 3 is 2.69 bits per heavy atom. The molecule has 1 N–H and O–H groups in total. The molecule has 2 heterocycles. The van der Waals surface area contributed by atoms with Gasteiger partial charge in [-0.3, -0.25) is 0 Å². The summed E-state index contributed by atoms with van der Waals surface area (Å²) in [6.07, 6.45) is 2.52. The number of halogens is 2. The topological polar surface area (TPSA) is 64.2 Å². The molecule has 0 aliphatic heterocycles. The molecule has 1 unspecified atom stereocenters. The molecule has 0 radical (unpaired) electrons. The molecule has 4 rings (SSSR count). The van der Waals surface area contributed by atoms with Crippen LogP contribution in [0.1, 0.15) is 23.7 Å². The van der Waals surface area contributed by atoms with Crippen LogP contribution in [-0.2, 0) is 16.4 Å². The van der Waals surface area contributed by atoms with Crippen LogP contribution in [0.2, 0.25) is 0 Å². The summed E-state index contributed by atoms with van der Waals surface area (Å²) in [5.74, 6) is -1.54. The van der Waals surface area contributed by atoms with Gasteiger partial charge in [-0.25, -0.2) is 12.8 Å². The molecule has 3 aromatic rings. The number of rotatable bonds is 4. The van der Waals surface area contributed by atoms with E-state index in [1.165, 1.54) is 24.5 Å². The summed E-state index contributed by atoms with van der Waals surface area (Å²) in [5, 5.41) is 2.91. The van der Waals surface area contributed by atoms with Crippen LogP contribution < -0.4 is 5.32 Å². The van der Waals surface area contributed by atoms with E-state index in [0.717, 1.165) is 28.1 Å². The zero-order valence-electron chi connectivity index (χ0n) is 13.9. The monoisotopic (exact) mass is 378 g/mol. The average molecular weight is 378 g/mol. The zero-order chi connectivity index (χ0) is 18.5. The Kier molecular flexibility index (Phi) is 3.96. The first-order valence-electron chi connectivity index (χ1n) is 8.09. The van der Waals surface area contributed by atoms with Gasteiger partial charge in [0.1, 0.15) is 11.6 Å². The number of fused-ring (bicyclic) bond motifs is 1. The van der Waals surface area contributed by atoms with Crippen LogP contribution in [0.4, 0.5) is 8.78 Å². The van der Waals surface area contributed by atoms with E-state index in [1.807, 2.05) is 0 Å². The number of nitrogens with one attached hydrogen (secondary N) is 1. The molecule has 0 spiro atoms. The molecule has 1 aliphatic rings. The van der Waals surface area contributed by atoms with Crippen molar-refractivity contribution >= 4 is 10.0 Å². The predicted octanol–water partition coefficient (Wildman–Crippen LogP) is 3.47. The van der Waals surface area contributed by atoms with Crippen LogP contribution >= 0.6 is 0 Å². The maximum atomic E-state index is 14.4. The Balaban J connectivity index is 2.01. The van der Waals surface area contributed by atoms with Crippen molar-refractivity contribution in [2.45, 2.75) is 24.0 Å². The van der Waals surface area contributed by atoms with E-state index in [0.29, 0.717) is 12.1 Å². The molecule has 0 fully saturated rings. The van der Waals surface area contributed by atoms with Crippen LogP contribution in [0, 0.1) is 11.6 Å². The molecule has 0 bridgehead atoms. The van der Waals surface area contributed by atoms with Crippen LogP contribution in [0.3, 0.4) is 0 Å². The lowest BCUT2D eigenvalue weighted by atomic mass is 10.1. The van der Waals surface area contributed by atoms with Gasteiger partial charge in [-0.1, -0.05) is 0 Å². The smallest absolute Gasteiger partial charge is 0.301 e. The lowest BCUT2D eigenvalue weighted by Crippen LogP contribution is -2.16. The number of aromatic nitrogens is 1. The third kappa shape index (κ3) is 2.48. The SMILES string of the molecule is CNC1CCc2c1cc(-c1ccc(F)cc1F)n2S(=O)(=O)c1ccco1. The number of furan rings is 1. The highest BCUT2D eigenvalue weighted by molar-refractivity contribution is 7.89. The van der Waals surface area contributed by atoms with Crippen LogP contribution in [-0.4, -0.2) is 19.4 Å². The van der Waals surface area contributed by atoms with E-state index >= 15 is 0 Å². The van der Waals surface area contributed by atoms with Crippen molar-refractivity contribution in [2.75, 3.05) is 7.05 Å². The van der Waals surface area contributed by atoms with Gasteiger partial charge in [0.25, 0.3) is 0 Å². The maximum absolute atomic E-state index is 14.4. The van der Waals surface area contributed by atoms with Crippen molar-refractivity contribution in [2.24, 2.45) is 0 Å². The van der Waals surface area contributed by atoms with Crippen LogP contribution in [0.25, 0.3) is 11.3 Å². The van der Waals surface area contributed by atoms with Crippen LogP contribution in [0.15, 0.2) is 52.2 Å². The van der Waals surface area contributed by atoms with Crippen molar-refractivity contribution in [3.05, 3.63) is 65.6 Å². The third-order valence-electron chi connectivity index (χ3n) is 4.68. The summed E-state index contributed by atoms with van der Waals surface area (Å²) in [6.45, 7) is 0. The lowest BCUT2D eigenvalue weighted by Gasteiger charge is -2.12. The minimum atomic E-state index is -4.05. The fraction of sp³-hybridized carbons (Fsp3) is 0.222. The van der Waals surface area contributed by atoms with Crippen LogP contribution in [0.5, 0.6) is 0 Å². The Hall–Kier alpha value is -2.45. The maximum Gasteiger partial charge on any atom is 0.301 e. The molecule has 0 amide bonds. The second-order valence-electron chi connectivity index (χ2n) is 6.14. The van der Waals surface area contributed by atoms with Gasteiger partial charge in [-0.05, 0) is 55.8 Å². The molecule has 1 atom stereocenters. The summed E-state index contributed by atoms with van der Waals surface area (Å²) in [4.78, 5) is 0. The number of hydrogen-bond donors (Lipinski definition) is 1.